The van der Waals surface area contributed by atoms with E-state index in [4.69, 9.17) is 0 Å². The second kappa shape index (κ2) is 9.96. The number of nitrogens with zero attached hydrogens (tertiary/aromatic N) is 4. The minimum atomic E-state index is 0. The van der Waals surface area contributed by atoms with Gasteiger partial charge in [0.15, 0.2) is 5.96 Å². The Bertz CT molecular complexity index is 555. The molecule has 0 radical (unpaired) electrons. The third-order valence-corrected chi connectivity index (χ3v) is 7.60. The summed E-state index contributed by atoms with van der Waals surface area (Å²) < 4.78 is 0. The summed E-state index contributed by atoms with van der Waals surface area (Å²) in [7, 11) is 1.91. The van der Waals surface area contributed by atoms with Crippen molar-refractivity contribution in [3.63, 3.8) is 0 Å². The molecule has 3 unspecified atom stereocenters. The van der Waals surface area contributed by atoms with Crippen molar-refractivity contribution in [3.8, 4) is 0 Å². The van der Waals surface area contributed by atoms with E-state index < -0.39 is 0 Å². The molecule has 2 aliphatic heterocycles. The third-order valence-electron chi connectivity index (χ3n) is 7.60. The van der Waals surface area contributed by atoms with Gasteiger partial charge in [0.2, 0.25) is 5.91 Å². The zero-order valence-electron chi connectivity index (χ0n) is 17.6. The predicted molar refractivity (Wildman–Crippen MR) is 124 cm³/mol. The molecule has 4 rings (SSSR count). The molecule has 0 aromatic heterocycles. The molecule has 160 valence electrons. The summed E-state index contributed by atoms with van der Waals surface area (Å²) in [6.07, 6.45) is 8.11. The second-order valence-electron chi connectivity index (χ2n) is 9.14. The number of hydrogen-bond acceptors (Lipinski definition) is 3. The molecule has 4 fully saturated rings. The molecule has 2 bridgehead atoms. The molecule has 6 nitrogen and oxygen atoms in total. The summed E-state index contributed by atoms with van der Waals surface area (Å²) in [5.41, 5.74) is 0. The highest BCUT2D eigenvalue weighted by Crippen LogP contribution is 2.46. The highest BCUT2D eigenvalue weighted by Gasteiger charge is 2.42. The van der Waals surface area contributed by atoms with Gasteiger partial charge >= 0.3 is 0 Å². The number of hydrogen-bond donors (Lipinski definition) is 1. The number of carbonyl (C=O) groups is 1. The highest BCUT2D eigenvalue weighted by atomic mass is 127. The van der Waals surface area contributed by atoms with Crippen molar-refractivity contribution in [2.45, 2.75) is 51.5 Å². The number of halogens is 1. The van der Waals surface area contributed by atoms with E-state index in [0.29, 0.717) is 5.92 Å². The van der Waals surface area contributed by atoms with E-state index in [1.54, 1.807) is 6.92 Å². The van der Waals surface area contributed by atoms with E-state index in [1.807, 2.05) is 11.9 Å². The number of guanidine groups is 1. The Morgan fingerprint density at radius 2 is 1.68 bits per heavy atom. The van der Waals surface area contributed by atoms with Crippen LogP contribution in [-0.2, 0) is 4.79 Å². The lowest BCUT2D eigenvalue weighted by Crippen LogP contribution is -2.56. The van der Waals surface area contributed by atoms with Gasteiger partial charge in [0.1, 0.15) is 0 Å². The van der Waals surface area contributed by atoms with E-state index >= 15 is 0 Å². The van der Waals surface area contributed by atoms with E-state index in [-0.39, 0.29) is 29.9 Å². The lowest BCUT2D eigenvalue weighted by atomic mass is 9.93. The van der Waals surface area contributed by atoms with Crippen LogP contribution in [0.25, 0.3) is 0 Å². The second-order valence-corrected chi connectivity index (χ2v) is 9.14. The fourth-order valence-corrected chi connectivity index (χ4v) is 5.94. The van der Waals surface area contributed by atoms with Crippen molar-refractivity contribution in [2.24, 2.45) is 22.7 Å². The summed E-state index contributed by atoms with van der Waals surface area (Å²) in [5.74, 6) is 3.94. The van der Waals surface area contributed by atoms with Crippen LogP contribution in [0.3, 0.4) is 0 Å². The standard InChI is InChI=1S/C21H37N5O.HI/c1-16(27)24-7-5-17(6-8-24)15-23-21(22-2)26-11-9-25(10-12-26)20-14-18-3-4-19(20)13-18;/h17-20H,3-15H2,1-2H3,(H,22,23);1H. The SMILES string of the molecule is CN=C(NCC1CCN(C(C)=O)CC1)N1CCN(C2CC3CCC2C3)CC1.I. The number of fused-ring (bicyclic) bond motifs is 2. The molecule has 3 atom stereocenters. The van der Waals surface area contributed by atoms with Gasteiger partial charge in [0.05, 0.1) is 0 Å². The molecule has 1 amide bonds. The molecule has 7 heteroatoms. The van der Waals surface area contributed by atoms with Crippen LogP contribution in [0, 0.1) is 17.8 Å². The van der Waals surface area contributed by atoms with Gasteiger partial charge in [0.25, 0.3) is 0 Å². The average molecular weight is 503 g/mol. The predicted octanol–water partition coefficient (Wildman–Crippen LogP) is 2.24. The van der Waals surface area contributed by atoms with Gasteiger partial charge in [-0.1, -0.05) is 6.42 Å². The van der Waals surface area contributed by atoms with Gasteiger partial charge < -0.3 is 15.1 Å². The van der Waals surface area contributed by atoms with Crippen LogP contribution < -0.4 is 5.32 Å². The Morgan fingerprint density at radius 1 is 0.964 bits per heavy atom. The monoisotopic (exact) mass is 503 g/mol. The quantitative estimate of drug-likeness (QED) is 0.365. The number of rotatable bonds is 3. The molecule has 2 saturated heterocycles. The fraction of sp³-hybridized carbons (Fsp3) is 0.905. The molecule has 28 heavy (non-hydrogen) atoms. The first-order valence-corrected chi connectivity index (χ1v) is 11.1. The third kappa shape index (κ3) is 4.94. The first kappa shape index (κ1) is 22.1. The molecule has 2 heterocycles. The van der Waals surface area contributed by atoms with Gasteiger partial charge in [-0.25, -0.2) is 0 Å². The van der Waals surface area contributed by atoms with Crippen LogP contribution >= 0.6 is 24.0 Å². The van der Waals surface area contributed by atoms with Crippen molar-refractivity contribution in [2.75, 3.05) is 52.9 Å². The first-order chi connectivity index (χ1) is 13.1. The fourth-order valence-electron chi connectivity index (χ4n) is 5.94. The van der Waals surface area contributed by atoms with E-state index in [9.17, 15) is 4.79 Å². The maximum absolute atomic E-state index is 11.5. The number of nitrogens with one attached hydrogen (secondary N) is 1. The summed E-state index contributed by atoms with van der Waals surface area (Å²) in [6.45, 7) is 9.02. The molecular formula is C21H38IN5O. The topological polar surface area (TPSA) is 51.2 Å². The first-order valence-electron chi connectivity index (χ1n) is 11.1. The van der Waals surface area contributed by atoms with Crippen LogP contribution in [0.2, 0.25) is 0 Å². The van der Waals surface area contributed by atoms with E-state index in [1.165, 1.54) is 38.8 Å². The molecule has 1 N–H and O–H groups in total. The molecule has 2 aliphatic carbocycles. The van der Waals surface area contributed by atoms with Gasteiger partial charge in [-0.2, -0.15) is 0 Å². The Balaban J connectivity index is 0.00000225. The molecule has 0 spiro atoms. The number of piperazine rings is 1. The van der Waals surface area contributed by atoms with Crippen LogP contribution in [0.1, 0.15) is 45.4 Å². The Labute approximate surface area is 187 Å². The molecule has 4 aliphatic rings. The van der Waals surface area contributed by atoms with Crippen LogP contribution in [0.5, 0.6) is 0 Å². The number of carbonyl (C=O) groups excluding carboxylic acids is 1. The Hall–Kier alpha value is -0.570. The maximum Gasteiger partial charge on any atom is 0.219 e. The molecule has 0 aromatic carbocycles. The largest absolute Gasteiger partial charge is 0.356 e. The number of amides is 1. The van der Waals surface area contributed by atoms with E-state index in [2.05, 4.69) is 20.1 Å². The summed E-state index contributed by atoms with van der Waals surface area (Å²) >= 11 is 0. The zero-order chi connectivity index (χ0) is 18.8. The molecular weight excluding hydrogens is 465 g/mol. The number of piperidine rings is 1. The van der Waals surface area contributed by atoms with Gasteiger partial charge in [-0.05, 0) is 49.9 Å². The van der Waals surface area contributed by atoms with Gasteiger partial charge in [-0.15, -0.1) is 24.0 Å². The number of likely N-dealkylation sites (tertiary alicyclic amines) is 1. The van der Waals surface area contributed by atoms with Crippen molar-refractivity contribution in [1.29, 1.82) is 0 Å². The smallest absolute Gasteiger partial charge is 0.219 e. The van der Waals surface area contributed by atoms with Crippen molar-refractivity contribution < 1.29 is 4.79 Å². The van der Waals surface area contributed by atoms with Gasteiger partial charge in [0, 0.05) is 65.8 Å². The van der Waals surface area contributed by atoms with Crippen molar-refractivity contribution >= 4 is 35.8 Å². The molecule has 2 saturated carbocycles. The summed E-state index contributed by atoms with van der Waals surface area (Å²) in [6, 6.07) is 0.868. The van der Waals surface area contributed by atoms with Crippen molar-refractivity contribution in [3.05, 3.63) is 0 Å². The Kier molecular flexibility index (Phi) is 7.87. The Morgan fingerprint density at radius 3 is 2.21 bits per heavy atom. The number of aliphatic imine (C=N–C) groups is 1. The lowest BCUT2D eigenvalue weighted by molar-refractivity contribution is -0.130. The maximum atomic E-state index is 11.5. The van der Waals surface area contributed by atoms with Crippen molar-refractivity contribution in [1.82, 2.24) is 20.0 Å². The minimum Gasteiger partial charge on any atom is -0.356 e. The molecule has 0 aromatic rings. The lowest BCUT2D eigenvalue weighted by Gasteiger charge is -2.42. The van der Waals surface area contributed by atoms with Crippen LogP contribution in [-0.4, -0.2) is 85.5 Å². The highest BCUT2D eigenvalue weighted by molar-refractivity contribution is 14.0. The van der Waals surface area contributed by atoms with Crippen LogP contribution in [0.4, 0.5) is 0 Å². The van der Waals surface area contributed by atoms with E-state index in [0.717, 1.165) is 69.4 Å². The normalized spacial score (nSPS) is 31.8. The summed E-state index contributed by atoms with van der Waals surface area (Å²) in [4.78, 5) is 23.2. The average Bonchev–Trinajstić information content (AvgIpc) is 3.33. The van der Waals surface area contributed by atoms with Gasteiger partial charge in [-0.3, -0.25) is 14.7 Å². The van der Waals surface area contributed by atoms with Crippen LogP contribution in [0.15, 0.2) is 4.99 Å². The summed E-state index contributed by atoms with van der Waals surface area (Å²) in [5, 5.41) is 3.62. The minimum absolute atomic E-state index is 0. The zero-order valence-corrected chi connectivity index (χ0v) is 19.9.